The number of aromatic nitrogens is 1. The van der Waals surface area contributed by atoms with Crippen LogP contribution >= 0.6 is 0 Å². The Labute approximate surface area is 194 Å². The fourth-order valence-corrected chi connectivity index (χ4v) is 4.02. The van der Waals surface area contributed by atoms with Crippen LogP contribution < -0.4 is 4.74 Å². The fourth-order valence-electron chi connectivity index (χ4n) is 4.02. The molecule has 1 aromatic heterocycles. The molecule has 1 heterocycles. The van der Waals surface area contributed by atoms with Crippen LogP contribution in [0.5, 0.6) is 5.75 Å². The number of hydrogen-bond acceptors (Lipinski definition) is 5. The second-order valence-corrected chi connectivity index (χ2v) is 8.84. The van der Waals surface area contributed by atoms with Gasteiger partial charge in [0.25, 0.3) is 0 Å². The van der Waals surface area contributed by atoms with Crippen molar-refractivity contribution in [1.82, 2.24) is 4.98 Å². The van der Waals surface area contributed by atoms with Crippen molar-refractivity contribution >= 4 is 27.6 Å². The van der Waals surface area contributed by atoms with Gasteiger partial charge in [0.2, 0.25) is 0 Å². The molecule has 0 saturated carbocycles. The number of carbonyl (C=O) groups excluding carboxylic acids is 1. The lowest BCUT2D eigenvalue weighted by Crippen LogP contribution is -2.33. The Hall–Kier alpha value is -3.44. The van der Waals surface area contributed by atoms with E-state index in [4.69, 9.17) is 9.47 Å². The molecule has 1 atom stereocenters. The number of para-hydroxylation sites is 1. The van der Waals surface area contributed by atoms with Crippen LogP contribution in [-0.4, -0.2) is 22.7 Å². The summed E-state index contributed by atoms with van der Waals surface area (Å²) in [6.45, 7) is 7.86. The molecule has 0 aliphatic heterocycles. The normalized spacial score (nSPS) is 12.6. The van der Waals surface area contributed by atoms with Crippen molar-refractivity contribution in [3.8, 4) is 5.75 Å². The molecule has 0 bridgehead atoms. The molecule has 3 aromatic carbocycles. The molecule has 33 heavy (non-hydrogen) atoms. The van der Waals surface area contributed by atoms with E-state index < -0.39 is 17.5 Å². The minimum Gasteiger partial charge on any atom is -0.489 e. The van der Waals surface area contributed by atoms with E-state index in [1.54, 1.807) is 20.8 Å². The van der Waals surface area contributed by atoms with Crippen LogP contribution in [0, 0.1) is 12.3 Å². The summed E-state index contributed by atoms with van der Waals surface area (Å²) in [6.07, 6.45) is -0.972. The first kappa shape index (κ1) is 22.7. The van der Waals surface area contributed by atoms with Crippen molar-refractivity contribution in [1.29, 1.82) is 0 Å². The first-order chi connectivity index (χ1) is 15.8. The first-order valence-corrected chi connectivity index (χ1v) is 11.2. The first-order valence-electron chi connectivity index (χ1n) is 11.2. The molecule has 0 aliphatic rings. The molecule has 1 unspecified atom stereocenters. The summed E-state index contributed by atoms with van der Waals surface area (Å²) in [5.41, 5.74) is 2.65. The van der Waals surface area contributed by atoms with Gasteiger partial charge in [0.05, 0.1) is 23.6 Å². The van der Waals surface area contributed by atoms with Crippen molar-refractivity contribution in [2.75, 3.05) is 6.61 Å². The maximum absolute atomic E-state index is 12.3. The number of hydrogen-bond donors (Lipinski definition) is 1. The number of aliphatic hydroxyl groups excluding tert-OH is 1. The summed E-state index contributed by atoms with van der Waals surface area (Å²) in [5.74, 6) is 0.349. The minimum atomic E-state index is -1.04. The molecule has 0 aliphatic carbocycles. The summed E-state index contributed by atoms with van der Waals surface area (Å²) in [5, 5.41) is 13.9. The zero-order valence-corrected chi connectivity index (χ0v) is 19.5. The highest BCUT2D eigenvalue weighted by Crippen LogP contribution is 2.36. The number of fused-ring (bicyclic) bond motifs is 2. The van der Waals surface area contributed by atoms with Gasteiger partial charge < -0.3 is 14.6 Å². The summed E-state index contributed by atoms with van der Waals surface area (Å²) >= 11 is 0. The van der Waals surface area contributed by atoms with Crippen LogP contribution in [0.1, 0.15) is 43.7 Å². The summed E-state index contributed by atoms with van der Waals surface area (Å²) in [4.78, 5) is 16.9. The molecule has 0 fully saturated rings. The predicted octanol–water partition coefficient (Wildman–Crippen LogP) is 5.90. The highest BCUT2D eigenvalue weighted by atomic mass is 16.5. The average molecular weight is 444 g/mol. The molecular formula is C28H29NO4. The Morgan fingerprint density at radius 2 is 1.76 bits per heavy atom. The van der Waals surface area contributed by atoms with Crippen molar-refractivity contribution in [3.05, 3.63) is 83.6 Å². The van der Waals surface area contributed by atoms with Gasteiger partial charge in [-0.3, -0.25) is 9.78 Å². The Morgan fingerprint density at radius 3 is 2.55 bits per heavy atom. The Kier molecular flexibility index (Phi) is 6.34. The number of aliphatic hydroxyl groups is 1. The highest BCUT2D eigenvalue weighted by Gasteiger charge is 2.38. The van der Waals surface area contributed by atoms with Crippen LogP contribution in [0.4, 0.5) is 0 Å². The monoisotopic (exact) mass is 443 g/mol. The van der Waals surface area contributed by atoms with Crippen LogP contribution in [0.2, 0.25) is 0 Å². The van der Waals surface area contributed by atoms with Crippen LogP contribution in [0.3, 0.4) is 0 Å². The van der Waals surface area contributed by atoms with Gasteiger partial charge in [-0.05, 0) is 74.4 Å². The second-order valence-electron chi connectivity index (χ2n) is 8.84. The molecule has 0 spiro atoms. The van der Waals surface area contributed by atoms with Crippen molar-refractivity contribution in [3.63, 3.8) is 0 Å². The lowest BCUT2D eigenvalue weighted by Gasteiger charge is -2.28. The Balaban J connectivity index is 1.55. The standard InChI is InChI=1S/C28H29NO4/c1-5-32-27(31)28(3,4)26(30)21-11-10-20-16-23(13-12-19(20)15-21)33-17-22-14-18(2)29-25-9-7-6-8-24(22)25/h6-16,26,30H,5,17H2,1-4H3. The molecule has 5 nitrogen and oxygen atoms in total. The third kappa shape index (κ3) is 4.69. The Morgan fingerprint density at radius 1 is 1.03 bits per heavy atom. The number of pyridine rings is 1. The molecule has 0 saturated heterocycles. The van der Waals surface area contributed by atoms with Crippen LogP contribution in [-0.2, 0) is 16.1 Å². The zero-order valence-electron chi connectivity index (χ0n) is 19.5. The molecular weight excluding hydrogens is 414 g/mol. The van der Waals surface area contributed by atoms with Gasteiger partial charge in [0, 0.05) is 16.6 Å². The SMILES string of the molecule is CCOC(=O)C(C)(C)C(O)c1ccc2cc(OCc3cc(C)nc4ccccc34)ccc2c1. The number of rotatable bonds is 7. The number of nitrogens with zero attached hydrogens (tertiary/aromatic N) is 1. The van der Waals surface area contributed by atoms with Crippen LogP contribution in [0.25, 0.3) is 21.7 Å². The van der Waals surface area contributed by atoms with E-state index in [0.29, 0.717) is 12.2 Å². The second kappa shape index (κ2) is 9.20. The summed E-state index contributed by atoms with van der Waals surface area (Å²) in [7, 11) is 0. The third-order valence-electron chi connectivity index (χ3n) is 5.96. The molecule has 1 N–H and O–H groups in total. The molecule has 0 amide bonds. The van der Waals surface area contributed by atoms with Gasteiger partial charge in [-0.1, -0.05) is 36.4 Å². The van der Waals surface area contributed by atoms with Gasteiger partial charge in [0.1, 0.15) is 12.4 Å². The lowest BCUT2D eigenvalue weighted by atomic mass is 9.82. The molecule has 0 radical (unpaired) electrons. The topological polar surface area (TPSA) is 68.7 Å². The van der Waals surface area contributed by atoms with Gasteiger partial charge in [0.15, 0.2) is 0 Å². The molecule has 5 heteroatoms. The lowest BCUT2D eigenvalue weighted by molar-refractivity contribution is -0.160. The maximum atomic E-state index is 12.3. The van der Waals surface area contributed by atoms with E-state index in [-0.39, 0.29) is 6.61 Å². The van der Waals surface area contributed by atoms with Gasteiger partial charge in [-0.2, -0.15) is 0 Å². The van der Waals surface area contributed by atoms with E-state index in [9.17, 15) is 9.90 Å². The predicted molar refractivity (Wildman–Crippen MR) is 130 cm³/mol. The number of carbonyl (C=O) groups is 1. The molecule has 4 rings (SSSR count). The molecule has 170 valence electrons. The summed E-state index contributed by atoms with van der Waals surface area (Å²) in [6, 6.07) is 21.7. The van der Waals surface area contributed by atoms with Crippen molar-refractivity contribution in [2.45, 2.75) is 40.4 Å². The van der Waals surface area contributed by atoms with E-state index in [1.807, 2.05) is 61.5 Å². The van der Waals surface area contributed by atoms with Crippen molar-refractivity contribution in [2.24, 2.45) is 5.41 Å². The average Bonchev–Trinajstić information content (AvgIpc) is 2.81. The summed E-state index contributed by atoms with van der Waals surface area (Å²) < 4.78 is 11.2. The minimum absolute atomic E-state index is 0.282. The van der Waals surface area contributed by atoms with E-state index in [1.165, 1.54) is 0 Å². The largest absolute Gasteiger partial charge is 0.489 e. The molecule has 4 aromatic rings. The van der Waals surface area contributed by atoms with Gasteiger partial charge >= 0.3 is 5.97 Å². The van der Waals surface area contributed by atoms with E-state index >= 15 is 0 Å². The maximum Gasteiger partial charge on any atom is 0.314 e. The number of aryl methyl sites for hydroxylation is 1. The number of benzene rings is 3. The highest BCUT2D eigenvalue weighted by molar-refractivity contribution is 5.85. The van der Waals surface area contributed by atoms with Crippen molar-refractivity contribution < 1.29 is 19.4 Å². The van der Waals surface area contributed by atoms with E-state index in [0.717, 1.165) is 38.7 Å². The number of esters is 1. The van der Waals surface area contributed by atoms with Gasteiger partial charge in [-0.15, -0.1) is 0 Å². The quantitative estimate of drug-likeness (QED) is 0.360. The smallest absolute Gasteiger partial charge is 0.314 e. The number of ether oxygens (including phenoxy) is 2. The van der Waals surface area contributed by atoms with Crippen LogP contribution in [0.15, 0.2) is 66.7 Å². The van der Waals surface area contributed by atoms with Gasteiger partial charge in [-0.25, -0.2) is 0 Å². The zero-order chi connectivity index (χ0) is 23.6. The fraction of sp³-hybridized carbons (Fsp3) is 0.286. The van der Waals surface area contributed by atoms with E-state index in [2.05, 4.69) is 17.1 Å². The third-order valence-corrected chi connectivity index (χ3v) is 5.96. The Bertz CT molecular complexity index is 1310.